The number of likely N-dealkylation sites (N-methyl/N-ethyl adjacent to an activating group) is 1. The molecule has 0 atom stereocenters. The SMILES string of the molecule is CCN(CC)CCNCc1cn(Cc2ccc(F)cc2)c2cnc3c(=O)n(O)ccc3c12. The van der Waals surface area contributed by atoms with Crippen molar-refractivity contribution >= 4 is 21.8 Å². The van der Waals surface area contributed by atoms with Gasteiger partial charge in [-0.15, -0.1) is 0 Å². The Morgan fingerprint density at radius 1 is 1.16 bits per heavy atom. The first-order valence-corrected chi connectivity index (χ1v) is 10.9. The van der Waals surface area contributed by atoms with E-state index in [2.05, 4.69) is 39.8 Å². The average molecular weight is 438 g/mol. The molecule has 0 saturated carbocycles. The Hall–Kier alpha value is -3.23. The predicted molar refractivity (Wildman–Crippen MR) is 124 cm³/mol. The van der Waals surface area contributed by atoms with Crippen LogP contribution in [0.3, 0.4) is 0 Å². The summed E-state index contributed by atoms with van der Waals surface area (Å²) in [5.74, 6) is -0.267. The summed E-state index contributed by atoms with van der Waals surface area (Å²) in [6.45, 7) is 9.32. The molecule has 7 nitrogen and oxygen atoms in total. The molecule has 3 aromatic heterocycles. The van der Waals surface area contributed by atoms with Crippen molar-refractivity contribution in [3.63, 3.8) is 0 Å². The summed E-state index contributed by atoms with van der Waals surface area (Å²) in [6, 6.07) is 8.15. The fraction of sp³-hybridized carbons (Fsp3) is 0.333. The highest BCUT2D eigenvalue weighted by atomic mass is 19.1. The molecular formula is C24H28FN5O2. The monoisotopic (exact) mass is 437 g/mol. The van der Waals surface area contributed by atoms with Gasteiger partial charge in [0.15, 0.2) is 0 Å². The molecular weight excluding hydrogens is 409 g/mol. The van der Waals surface area contributed by atoms with E-state index in [9.17, 15) is 14.4 Å². The van der Waals surface area contributed by atoms with Gasteiger partial charge in [0.1, 0.15) is 11.3 Å². The molecule has 0 bridgehead atoms. The van der Waals surface area contributed by atoms with E-state index in [-0.39, 0.29) is 11.3 Å². The maximum absolute atomic E-state index is 13.3. The van der Waals surface area contributed by atoms with Crippen LogP contribution < -0.4 is 10.9 Å². The smallest absolute Gasteiger partial charge is 0.309 e. The minimum absolute atomic E-state index is 0.228. The van der Waals surface area contributed by atoms with Gasteiger partial charge in [0.25, 0.3) is 0 Å². The van der Waals surface area contributed by atoms with E-state index >= 15 is 0 Å². The van der Waals surface area contributed by atoms with Crippen LogP contribution in [0.2, 0.25) is 0 Å². The van der Waals surface area contributed by atoms with Crippen LogP contribution in [0.1, 0.15) is 25.0 Å². The Bertz CT molecular complexity index is 1280. The summed E-state index contributed by atoms with van der Waals surface area (Å²) < 4.78 is 16.0. The highest BCUT2D eigenvalue weighted by molar-refractivity contribution is 6.06. The van der Waals surface area contributed by atoms with Crippen molar-refractivity contribution in [3.05, 3.63) is 76.2 Å². The molecule has 2 N–H and O–H groups in total. The van der Waals surface area contributed by atoms with E-state index in [1.54, 1.807) is 24.4 Å². The normalized spacial score (nSPS) is 11.8. The van der Waals surface area contributed by atoms with Crippen molar-refractivity contribution in [2.24, 2.45) is 0 Å². The molecule has 4 aromatic rings. The summed E-state index contributed by atoms with van der Waals surface area (Å²) in [6.07, 6.45) is 5.08. The molecule has 3 heterocycles. The number of fused-ring (bicyclic) bond motifs is 3. The van der Waals surface area contributed by atoms with Crippen LogP contribution in [0.4, 0.5) is 4.39 Å². The number of rotatable bonds is 9. The largest absolute Gasteiger partial charge is 0.425 e. The highest BCUT2D eigenvalue weighted by Gasteiger charge is 2.15. The zero-order valence-electron chi connectivity index (χ0n) is 18.4. The first kappa shape index (κ1) is 22.0. The molecule has 0 fully saturated rings. The number of nitrogens with zero attached hydrogens (tertiary/aromatic N) is 4. The summed E-state index contributed by atoms with van der Waals surface area (Å²) in [5.41, 5.74) is 2.58. The van der Waals surface area contributed by atoms with Crippen LogP contribution in [0.25, 0.3) is 21.8 Å². The zero-order chi connectivity index (χ0) is 22.7. The average Bonchev–Trinajstić information content (AvgIpc) is 3.15. The molecule has 8 heteroatoms. The van der Waals surface area contributed by atoms with Crippen molar-refractivity contribution in [1.29, 1.82) is 0 Å². The molecule has 0 aliphatic heterocycles. The van der Waals surface area contributed by atoms with E-state index in [4.69, 9.17) is 0 Å². The lowest BCUT2D eigenvalue weighted by molar-refractivity contribution is 0.176. The van der Waals surface area contributed by atoms with Crippen molar-refractivity contribution in [2.75, 3.05) is 26.2 Å². The van der Waals surface area contributed by atoms with Gasteiger partial charge in [-0.25, -0.2) is 9.37 Å². The van der Waals surface area contributed by atoms with Crippen LogP contribution in [0.5, 0.6) is 0 Å². The van der Waals surface area contributed by atoms with Gasteiger partial charge < -0.3 is 20.0 Å². The number of pyridine rings is 2. The molecule has 0 amide bonds. The molecule has 0 radical (unpaired) electrons. The topological polar surface area (TPSA) is 75.3 Å². The third-order valence-electron chi connectivity index (χ3n) is 5.91. The fourth-order valence-corrected chi connectivity index (χ4v) is 4.10. The van der Waals surface area contributed by atoms with Gasteiger partial charge in [-0.05, 0) is 42.4 Å². The molecule has 4 rings (SSSR count). The van der Waals surface area contributed by atoms with E-state index < -0.39 is 5.56 Å². The molecule has 168 valence electrons. The highest BCUT2D eigenvalue weighted by Crippen LogP contribution is 2.28. The molecule has 0 saturated heterocycles. The summed E-state index contributed by atoms with van der Waals surface area (Å²) in [7, 11) is 0. The summed E-state index contributed by atoms with van der Waals surface area (Å²) >= 11 is 0. The Labute approximate surface area is 185 Å². The van der Waals surface area contributed by atoms with Crippen molar-refractivity contribution in [2.45, 2.75) is 26.9 Å². The van der Waals surface area contributed by atoms with E-state index in [0.717, 1.165) is 48.2 Å². The van der Waals surface area contributed by atoms with Gasteiger partial charge in [0, 0.05) is 49.3 Å². The second kappa shape index (κ2) is 9.50. The first-order chi connectivity index (χ1) is 15.5. The second-order valence-electron chi connectivity index (χ2n) is 7.86. The van der Waals surface area contributed by atoms with Crippen LogP contribution >= 0.6 is 0 Å². The van der Waals surface area contributed by atoms with Gasteiger partial charge in [0.2, 0.25) is 0 Å². The van der Waals surface area contributed by atoms with Crippen molar-refractivity contribution < 1.29 is 9.60 Å². The van der Waals surface area contributed by atoms with Crippen LogP contribution in [0.15, 0.2) is 53.7 Å². The molecule has 0 aliphatic rings. The third-order valence-corrected chi connectivity index (χ3v) is 5.91. The Morgan fingerprint density at radius 2 is 1.91 bits per heavy atom. The lowest BCUT2D eigenvalue weighted by Crippen LogP contribution is -2.31. The standard InChI is InChI=1S/C24H28FN5O2/c1-3-28(4-2)12-10-26-13-18-16-29(15-17-5-7-19(25)8-6-17)21-14-27-23-20(22(18)21)9-11-30(32)24(23)31/h5-9,11,14,16,26,32H,3-4,10,12-13,15H2,1-2H3. The maximum atomic E-state index is 13.3. The molecule has 0 spiro atoms. The summed E-state index contributed by atoms with van der Waals surface area (Å²) in [5, 5.41) is 14.9. The lowest BCUT2D eigenvalue weighted by atomic mass is 10.1. The molecule has 0 aliphatic carbocycles. The van der Waals surface area contributed by atoms with Crippen molar-refractivity contribution in [1.82, 2.24) is 24.5 Å². The number of benzene rings is 1. The Kier molecular flexibility index (Phi) is 6.53. The fourth-order valence-electron chi connectivity index (χ4n) is 4.10. The quantitative estimate of drug-likeness (QED) is 0.311. The third kappa shape index (κ3) is 4.37. The molecule has 32 heavy (non-hydrogen) atoms. The second-order valence-corrected chi connectivity index (χ2v) is 7.86. The maximum Gasteiger partial charge on any atom is 0.309 e. The van der Waals surface area contributed by atoms with E-state index in [0.29, 0.717) is 23.2 Å². The summed E-state index contributed by atoms with van der Waals surface area (Å²) in [4.78, 5) is 19.1. The number of hydrogen-bond acceptors (Lipinski definition) is 5. The lowest BCUT2D eigenvalue weighted by Gasteiger charge is -2.17. The zero-order valence-corrected chi connectivity index (χ0v) is 18.4. The van der Waals surface area contributed by atoms with Gasteiger partial charge in [0.05, 0.1) is 11.7 Å². The predicted octanol–water partition coefficient (Wildman–Crippen LogP) is 3.21. The first-order valence-electron chi connectivity index (χ1n) is 10.9. The van der Waals surface area contributed by atoms with E-state index in [1.807, 2.05) is 0 Å². The van der Waals surface area contributed by atoms with Crippen LogP contribution in [-0.2, 0) is 13.1 Å². The van der Waals surface area contributed by atoms with Gasteiger partial charge in [-0.2, -0.15) is 4.73 Å². The van der Waals surface area contributed by atoms with Gasteiger partial charge in [-0.1, -0.05) is 26.0 Å². The number of aromatic nitrogens is 3. The van der Waals surface area contributed by atoms with Crippen LogP contribution in [-0.4, -0.2) is 50.6 Å². The Balaban J connectivity index is 1.72. The van der Waals surface area contributed by atoms with Crippen LogP contribution in [0, 0.1) is 5.82 Å². The number of hydrogen-bond donors (Lipinski definition) is 2. The molecule has 1 aromatic carbocycles. The molecule has 0 unspecified atom stereocenters. The minimum Gasteiger partial charge on any atom is -0.425 e. The number of halogens is 1. The van der Waals surface area contributed by atoms with Crippen molar-refractivity contribution in [3.8, 4) is 0 Å². The Morgan fingerprint density at radius 3 is 2.62 bits per heavy atom. The van der Waals surface area contributed by atoms with Gasteiger partial charge in [-0.3, -0.25) is 4.79 Å². The minimum atomic E-state index is -0.545. The number of nitrogens with one attached hydrogen (secondary N) is 1. The van der Waals surface area contributed by atoms with Gasteiger partial charge >= 0.3 is 5.56 Å². The van der Waals surface area contributed by atoms with E-state index in [1.165, 1.54) is 18.3 Å².